The molecule has 0 radical (unpaired) electrons. The van der Waals surface area contributed by atoms with Crippen molar-refractivity contribution in [1.29, 1.82) is 0 Å². The summed E-state index contributed by atoms with van der Waals surface area (Å²) in [5.41, 5.74) is 0.832. The smallest absolute Gasteiger partial charge is 0.235 e. The number of likely N-dealkylation sites (N-methyl/N-ethyl adjacent to an activating group) is 1. The topological polar surface area (TPSA) is 38.3 Å². The van der Waals surface area contributed by atoms with Crippen molar-refractivity contribution in [3.63, 3.8) is 0 Å². The molecule has 2 rings (SSSR count). The van der Waals surface area contributed by atoms with Crippen LogP contribution in [0.25, 0.3) is 0 Å². The van der Waals surface area contributed by atoms with E-state index in [1.165, 1.54) is 0 Å². The van der Waals surface area contributed by atoms with Gasteiger partial charge in [-0.2, -0.15) is 0 Å². The molecule has 0 saturated carbocycles. The Bertz CT molecular complexity index is 359. The molecule has 1 unspecified atom stereocenters. The molecular formula is C10H14BrN3O. The lowest BCUT2D eigenvalue weighted by Crippen LogP contribution is -2.22. The molecular weight excluding hydrogens is 258 g/mol. The van der Waals surface area contributed by atoms with Crippen LogP contribution in [0.2, 0.25) is 0 Å². The van der Waals surface area contributed by atoms with Crippen molar-refractivity contribution < 1.29 is 4.74 Å². The van der Waals surface area contributed by atoms with Crippen molar-refractivity contribution in [3.05, 3.63) is 16.5 Å². The van der Waals surface area contributed by atoms with E-state index in [1.54, 1.807) is 6.20 Å². The van der Waals surface area contributed by atoms with Gasteiger partial charge in [0.25, 0.3) is 0 Å². The summed E-state index contributed by atoms with van der Waals surface area (Å²) >= 11 is 3.28. The van der Waals surface area contributed by atoms with Crippen molar-refractivity contribution in [1.82, 2.24) is 14.9 Å². The largest absolute Gasteiger partial charge is 0.472 e. The third kappa shape index (κ3) is 2.66. The molecule has 5 heteroatoms. The highest BCUT2D eigenvalue weighted by Gasteiger charge is 2.22. The van der Waals surface area contributed by atoms with Gasteiger partial charge in [0.2, 0.25) is 5.88 Å². The highest BCUT2D eigenvalue weighted by Crippen LogP contribution is 2.19. The predicted molar refractivity (Wildman–Crippen MR) is 61.0 cm³/mol. The van der Waals surface area contributed by atoms with Gasteiger partial charge >= 0.3 is 0 Å². The lowest BCUT2D eigenvalue weighted by atomic mass is 10.3. The van der Waals surface area contributed by atoms with Crippen LogP contribution in [0.3, 0.4) is 0 Å². The summed E-state index contributed by atoms with van der Waals surface area (Å²) in [7, 11) is 2.10. The lowest BCUT2D eigenvalue weighted by molar-refractivity contribution is 0.197. The minimum absolute atomic E-state index is 0.254. The minimum Gasteiger partial charge on any atom is -0.472 e. The number of aryl methyl sites for hydroxylation is 1. The fourth-order valence-electron chi connectivity index (χ4n) is 1.71. The fraction of sp³-hybridized carbons (Fsp3) is 0.600. The van der Waals surface area contributed by atoms with Gasteiger partial charge < -0.3 is 9.64 Å². The number of halogens is 1. The van der Waals surface area contributed by atoms with Crippen LogP contribution < -0.4 is 4.74 Å². The first-order valence-corrected chi connectivity index (χ1v) is 5.79. The predicted octanol–water partition coefficient (Wildman–Crippen LogP) is 1.63. The van der Waals surface area contributed by atoms with Crippen molar-refractivity contribution in [2.24, 2.45) is 0 Å². The van der Waals surface area contributed by atoms with Crippen LogP contribution in [0.1, 0.15) is 12.1 Å². The lowest BCUT2D eigenvalue weighted by Gasteiger charge is -2.13. The molecule has 0 N–H and O–H groups in total. The van der Waals surface area contributed by atoms with Crippen LogP contribution in [0.5, 0.6) is 5.88 Å². The van der Waals surface area contributed by atoms with Gasteiger partial charge in [0.1, 0.15) is 16.4 Å². The van der Waals surface area contributed by atoms with Crippen LogP contribution >= 0.6 is 15.9 Å². The standard InChI is InChI=1S/C10H14BrN3O/c1-7-10(12-5-9(11)13-7)15-8-3-4-14(2)6-8/h5,8H,3-4,6H2,1-2H3. The fourth-order valence-corrected chi connectivity index (χ4v) is 2.07. The molecule has 1 aromatic heterocycles. The van der Waals surface area contributed by atoms with Crippen molar-refractivity contribution in [2.45, 2.75) is 19.4 Å². The molecule has 1 aromatic rings. The van der Waals surface area contributed by atoms with E-state index in [9.17, 15) is 0 Å². The molecule has 0 amide bonds. The SMILES string of the molecule is Cc1nc(Br)cnc1OC1CCN(C)C1. The monoisotopic (exact) mass is 271 g/mol. The van der Waals surface area contributed by atoms with Crippen LogP contribution in [-0.4, -0.2) is 41.1 Å². The number of hydrogen-bond acceptors (Lipinski definition) is 4. The van der Waals surface area contributed by atoms with E-state index >= 15 is 0 Å². The molecule has 1 fully saturated rings. The van der Waals surface area contributed by atoms with Crippen molar-refractivity contribution in [2.75, 3.05) is 20.1 Å². The number of aromatic nitrogens is 2. The summed E-state index contributed by atoms with van der Waals surface area (Å²) in [5.74, 6) is 0.651. The van der Waals surface area contributed by atoms with Gasteiger partial charge in [-0.05, 0) is 36.3 Å². The highest BCUT2D eigenvalue weighted by atomic mass is 79.9. The minimum atomic E-state index is 0.254. The van der Waals surface area contributed by atoms with Crippen LogP contribution in [0.15, 0.2) is 10.8 Å². The Morgan fingerprint density at radius 2 is 2.40 bits per heavy atom. The quantitative estimate of drug-likeness (QED) is 0.820. The van der Waals surface area contributed by atoms with Gasteiger partial charge in [0.15, 0.2) is 0 Å². The maximum atomic E-state index is 5.80. The van der Waals surface area contributed by atoms with Gasteiger partial charge in [0.05, 0.1) is 6.20 Å². The zero-order valence-corrected chi connectivity index (χ0v) is 10.5. The number of hydrogen-bond donors (Lipinski definition) is 0. The first-order valence-electron chi connectivity index (χ1n) is 4.99. The molecule has 1 aliphatic rings. The van der Waals surface area contributed by atoms with Crippen LogP contribution in [-0.2, 0) is 0 Å². The number of nitrogens with zero attached hydrogens (tertiary/aromatic N) is 3. The van der Waals surface area contributed by atoms with Gasteiger partial charge in [0, 0.05) is 13.1 Å². The van der Waals surface area contributed by atoms with Crippen molar-refractivity contribution >= 4 is 15.9 Å². The van der Waals surface area contributed by atoms with E-state index in [-0.39, 0.29) is 6.10 Å². The van der Waals surface area contributed by atoms with E-state index in [4.69, 9.17) is 4.74 Å². The normalized spacial score (nSPS) is 21.9. The van der Waals surface area contributed by atoms with E-state index in [0.29, 0.717) is 5.88 Å². The zero-order valence-electron chi connectivity index (χ0n) is 8.90. The molecule has 4 nitrogen and oxygen atoms in total. The summed E-state index contributed by atoms with van der Waals surface area (Å²) in [4.78, 5) is 10.7. The Kier molecular flexibility index (Phi) is 3.21. The second-order valence-electron chi connectivity index (χ2n) is 3.87. The first kappa shape index (κ1) is 10.8. The van der Waals surface area contributed by atoms with Crippen LogP contribution in [0.4, 0.5) is 0 Å². The van der Waals surface area contributed by atoms with E-state index < -0.39 is 0 Å². The maximum Gasteiger partial charge on any atom is 0.235 e. The molecule has 0 bridgehead atoms. The zero-order chi connectivity index (χ0) is 10.8. The Balaban J connectivity index is 2.04. The summed E-state index contributed by atoms with van der Waals surface area (Å²) < 4.78 is 6.54. The van der Waals surface area contributed by atoms with E-state index in [2.05, 4.69) is 37.8 Å². The Morgan fingerprint density at radius 1 is 1.60 bits per heavy atom. The van der Waals surface area contributed by atoms with Gasteiger partial charge in [-0.1, -0.05) is 0 Å². The van der Waals surface area contributed by atoms with Gasteiger partial charge in [-0.25, -0.2) is 9.97 Å². The summed E-state index contributed by atoms with van der Waals surface area (Å²) in [6.45, 7) is 3.97. The molecule has 2 heterocycles. The molecule has 0 aromatic carbocycles. The number of ether oxygens (including phenoxy) is 1. The molecule has 1 saturated heterocycles. The third-order valence-electron chi connectivity index (χ3n) is 2.50. The molecule has 0 aliphatic carbocycles. The number of likely N-dealkylation sites (tertiary alicyclic amines) is 1. The first-order chi connectivity index (χ1) is 7.15. The summed E-state index contributed by atoms with van der Waals surface area (Å²) in [6.07, 6.45) is 2.98. The van der Waals surface area contributed by atoms with Gasteiger partial charge in [-0.15, -0.1) is 0 Å². The average molecular weight is 272 g/mol. The highest BCUT2D eigenvalue weighted by molar-refractivity contribution is 9.10. The van der Waals surface area contributed by atoms with Gasteiger partial charge in [-0.3, -0.25) is 0 Å². The second-order valence-corrected chi connectivity index (χ2v) is 4.69. The third-order valence-corrected chi connectivity index (χ3v) is 2.88. The average Bonchev–Trinajstić information content (AvgIpc) is 2.56. The maximum absolute atomic E-state index is 5.80. The molecule has 1 atom stereocenters. The molecule has 15 heavy (non-hydrogen) atoms. The Morgan fingerprint density at radius 3 is 3.00 bits per heavy atom. The van der Waals surface area contributed by atoms with Crippen LogP contribution in [0, 0.1) is 6.92 Å². The summed E-state index contributed by atoms with van der Waals surface area (Å²) in [6, 6.07) is 0. The second kappa shape index (κ2) is 4.45. The van der Waals surface area contributed by atoms with E-state index in [0.717, 1.165) is 29.8 Å². The Labute approximate surface area is 97.8 Å². The van der Waals surface area contributed by atoms with E-state index in [1.807, 2.05) is 6.92 Å². The summed E-state index contributed by atoms with van der Waals surface area (Å²) in [5, 5.41) is 0. The van der Waals surface area contributed by atoms with Crippen molar-refractivity contribution in [3.8, 4) is 5.88 Å². The Hall–Kier alpha value is -0.680. The number of rotatable bonds is 2. The molecule has 1 aliphatic heterocycles. The molecule has 0 spiro atoms. The molecule has 82 valence electrons.